The highest BCUT2D eigenvalue weighted by Gasteiger charge is 2.16. The van der Waals surface area contributed by atoms with Crippen molar-refractivity contribution in [1.29, 1.82) is 0 Å². The predicted octanol–water partition coefficient (Wildman–Crippen LogP) is 2.85. The number of nitrogens with zero attached hydrogens (tertiary/aromatic N) is 5. The Labute approximate surface area is 154 Å². The summed E-state index contributed by atoms with van der Waals surface area (Å²) in [5.74, 6) is 0.466. The summed E-state index contributed by atoms with van der Waals surface area (Å²) in [4.78, 5) is 23.2. The van der Waals surface area contributed by atoms with Gasteiger partial charge in [0, 0.05) is 25.1 Å². The molecule has 0 bridgehead atoms. The molecule has 0 aliphatic rings. The van der Waals surface area contributed by atoms with Gasteiger partial charge in [0.1, 0.15) is 17.1 Å². The van der Waals surface area contributed by atoms with E-state index in [0.717, 1.165) is 5.69 Å². The van der Waals surface area contributed by atoms with E-state index in [2.05, 4.69) is 20.4 Å². The molecule has 27 heavy (non-hydrogen) atoms. The molecule has 134 valence electrons. The molecule has 8 nitrogen and oxygen atoms in total. The Hall–Kier alpha value is -3.94. The molecule has 0 spiro atoms. The van der Waals surface area contributed by atoms with Crippen LogP contribution in [0.2, 0.25) is 0 Å². The van der Waals surface area contributed by atoms with Gasteiger partial charge in [-0.2, -0.15) is 5.10 Å². The first-order chi connectivity index (χ1) is 13.1. The molecule has 4 rings (SSSR count). The highest BCUT2D eigenvalue weighted by molar-refractivity contribution is 6.08. The SMILES string of the molecule is CN(c1cccnc1)c1ccn2ncc(C(=O)Nc3ccc(O)cc3)c2n1. The minimum absolute atomic E-state index is 0.133. The number of hydrogen-bond acceptors (Lipinski definition) is 6. The highest BCUT2D eigenvalue weighted by Crippen LogP contribution is 2.22. The minimum atomic E-state index is -0.329. The van der Waals surface area contributed by atoms with Crippen molar-refractivity contribution in [2.45, 2.75) is 0 Å². The second kappa shape index (κ2) is 6.75. The maximum atomic E-state index is 12.6. The van der Waals surface area contributed by atoms with E-state index in [1.54, 1.807) is 35.2 Å². The van der Waals surface area contributed by atoms with Crippen LogP contribution in [-0.2, 0) is 0 Å². The lowest BCUT2D eigenvalue weighted by molar-refractivity contribution is 0.102. The largest absolute Gasteiger partial charge is 0.508 e. The second-order valence-corrected chi connectivity index (χ2v) is 5.88. The van der Waals surface area contributed by atoms with Crippen LogP contribution in [0.4, 0.5) is 17.2 Å². The fourth-order valence-electron chi connectivity index (χ4n) is 2.63. The van der Waals surface area contributed by atoms with E-state index in [-0.39, 0.29) is 11.7 Å². The van der Waals surface area contributed by atoms with Crippen molar-refractivity contribution in [1.82, 2.24) is 19.6 Å². The van der Waals surface area contributed by atoms with Gasteiger partial charge in [-0.25, -0.2) is 9.50 Å². The third-order valence-electron chi connectivity index (χ3n) is 4.10. The first-order valence-electron chi connectivity index (χ1n) is 8.20. The number of benzene rings is 1. The van der Waals surface area contributed by atoms with Gasteiger partial charge in [0.15, 0.2) is 5.65 Å². The van der Waals surface area contributed by atoms with Crippen LogP contribution in [0.1, 0.15) is 10.4 Å². The summed E-state index contributed by atoms with van der Waals surface area (Å²) in [5, 5.41) is 16.3. The van der Waals surface area contributed by atoms with Crippen molar-refractivity contribution >= 4 is 28.7 Å². The minimum Gasteiger partial charge on any atom is -0.508 e. The van der Waals surface area contributed by atoms with Gasteiger partial charge in [0.25, 0.3) is 5.91 Å². The van der Waals surface area contributed by atoms with Crippen LogP contribution < -0.4 is 10.2 Å². The van der Waals surface area contributed by atoms with Gasteiger partial charge in [0.05, 0.1) is 18.1 Å². The molecule has 2 N–H and O–H groups in total. The molecule has 0 atom stereocenters. The smallest absolute Gasteiger partial charge is 0.261 e. The molecule has 0 fully saturated rings. The van der Waals surface area contributed by atoms with E-state index in [1.165, 1.54) is 18.3 Å². The molecule has 0 radical (unpaired) electrons. The molecular formula is C19H16N6O2. The number of fused-ring (bicyclic) bond motifs is 1. The van der Waals surface area contributed by atoms with Gasteiger partial charge in [-0.15, -0.1) is 0 Å². The first kappa shape index (κ1) is 16.5. The number of anilines is 3. The summed E-state index contributed by atoms with van der Waals surface area (Å²) in [6, 6.07) is 11.8. The Morgan fingerprint density at radius 3 is 2.70 bits per heavy atom. The van der Waals surface area contributed by atoms with Crippen molar-refractivity contribution in [2.75, 3.05) is 17.3 Å². The van der Waals surface area contributed by atoms with Crippen LogP contribution in [0.15, 0.2) is 67.3 Å². The number of phenols is 1. The monoisotopic (exact) mass is 360 g/mol. The number of hydrogen-bond donors (Lipinski definition) is 2. The van der Waals surface area contributed by atoms with Gasteiger partial charge in [-0.05, 0) is 42.5 Å². The van der Waals surface area contributed by atoms with Crippen LogP contribution >= 0.6 is 0 Å². The lowest BCUT2D eigenvalue weighted by atomic mass is 10.2. The number of carbonyl (C=O) groups excluding carboxylic acids is 1. The van der Waals surface area contributed by atoms with Crippen LogP contribution in [0.3, 0.4) is 0 Å². The molecular weight excluding hydrogens is 344 g/mol. The number of aromatic hydroxyl groups is 1. The number of rotatable bonds is 4. The topological polar surface area (TPSA) is 95.7 Å². The Balaban J connectivity index is 1.65. The van der Waals surface area contributed by atoms with Gasteiger partial charge in [-0.1, -0.05) is 0 Å². The van der Waals surface area contributed by atoms with Crippen molar-refractivity contribution in [2.24, 2.45) is 0 Å². The van der Waals surface area contributed by atoms with Gasteiger partial charge >= 0.3 is 0 Å². The molecule has 8 heteroatoms. The van der Waals surface area contributed by atoms with Crippen molar-refractivity contribution in [3.8, 4) is 5.75 Å². The lowest BCUT2D eigenvalue weighted by Crippen LogP contribution is -2.14. The number of pyridine rings is 1. The fraction of sp³-hybridized carbons (Fsp3) is 0.0526. The Morgan fingerprint density at radius 1 is 1.15 bits per heavy atom. The van der Waals surface area contributed by atoms with Crippen LogP contribution in [0, 0.1) is 0 Å². The number of carbonyl (C=O) groups is 1. The molecule has 4 aromatic rings. The lowest BCUT2D eigenvalue weighted by Gasteiger charge is -2.17. The molecule has 0 saturated carbocycles. The fourth-order valence-corrected chi connectivity index (χ4v) is 2.63. The molecule has 1 amide bonds. The van der Waals surface area contributed by atoms with Gasteiger partial charge < -0.3 is 15.3 Å². The first-order valence-corrected chi connectivity index (χ1v) is 8.20. The summed E-state index contributed by atoms with van der Waals surface area (Å²) in [5.41, 5.74) is 2.24. The average molecular weight is 360 g/mol. The maximum absolute atomic E-state index is 12.6. The van der Waals surface area contributed by atoms with Crippen molar-refractivity contribution in [3.63, 3.8) is 0 Å². The Morgan fingerprint density at radius 2 is 1.96 bits per heavy atom. The highest BCUT2D eigenvalue weighted by atomic mass is 16.3. The number of amides is 1. The van der Waals surface area contributed by atoms with Gasteiger partial charge in [0.2, 0.25) is 0 Å². The molecule has 0 unspecified atom stereocenters. The molecule has 3 aromatic heterocycles. The van der Waals surface area contributed by atoms with Crippen LogP contribution in [-0.4, -0.2) is 37.6 Å². The standard InChI is InChI=1S/C19H16N6O2/c1-24(14-3-2-9-20-11-14)17-8-10-25-18(23-17)16(12-21-25)19(27)22-13-4-6-15(26)7-5-13/h2-12,26H,1H3,(H,22,27). The van der Waals surface area contributed by atoms with E-state index in [0.29, 0.717) is 22.7 Å². The van der Waals surface area contributed by atoms with Crippen LogP contribution in [0.25, 0.3) is 5.65 Å². The molecule has 3 heterocycles. The summed E-state index contributed by atoms with van der Waals surface area (Å²) >= 11 is 0. The van der Waals surface area contributed by atoms with Crippen molar-refractivity contribution in [3.05, 3.63) is 72.8 Å². The summed E-state index contributed by atoms with van der Waals surface area (Å²) in [6.07, 6.45) is 6.67. The Kier molecular flexibility index (Phi) is 4.13. The molecule has 1 aromatic carbocycles. The van der Waals surface area contributed by atoms with E-state index in [4.69, 9.17) is 0 Å². The second-order valence-electron chi connectivity index (χ2n) is 5.88. The van der Waals surface area contributed by atoms with E-state index in [1.807, 2.05) is 30.1 Å². The number of nitrogens with one attached hydrogen (secondary N) is 1. The van der Waals surface area contributed by atoms with Crippen molar-refractivity contribution < 1.29 is 9.90 Å². The van der Waals surface area contributed by atoms with E-state index < -0.39 is 0 Å². The zero-order chi connectivity index (χ0) is 18.8. The zero-order valence-corrected chi connectivity index (χ0v) is 14.4. The third-order valence-corrected chi connectivity index (χ3v) is 4.10. The zero-order valence-electron chi connectivity index (χ0n) is 14.4. The normalized spacial score (nSPS) is 10.7. The number of aromatic nitrogens is 4. The summed E-state index contributed by atoms with van der Waals surface area (Å²) in [6.45, 7) is 0. The summed E-state index contributed by atoms with van der Waals surface area (Å²) in [7, 11) is 1.88. The third kappa shape index (κ3) is 3.28. The Bertz CT molecular complexity index is 1090. The number of phenolic OH excluding ortho intramolecular Hbond substituents is 1. The summed E-state index contributed by atoms with van der Waals surface area (Å²) < 4.78 is 1.55. The van der Waals surface area contributed by atoms with Crippen LogP contribution in [0.5, 0.6) is 5.75 Å². The average Bonchev–Trinajstić information content (AvgIpc) is 3.13. The van der Waals surface area contributed by atoms with E-state index in [9.17, 15) is 9.90 Å². The molecule has 0 aliphatic heterocycles. The van der Waals surface area contributed by atoms with Gasteiger partial charge in [-0.3, -0.25) is 9.78 Å². The quantitative estimate of drug-likeness (QED) is 0.543. The molecule has 0 saturated heterocycles. The molecule has 0 aliphatic carbocycles. The maximum Gasteiger partial charge on any atom is 0.261 e. The van der Waals surface area contributed by atoms with E-state index >= 15 is 0 Å². The predicted molar refractivity (Wildman–Crippen MR) is 101 cm³/mol.